The molecule has 2 aliphatic carbocycles. The lowest BCUT2D eigenvalue weighted by Gasteiger charge is -2.46. The highest BCUT2D eigenvalue weighted by Gasteiger charge is 2.55. The number of carbonyl (C=O) groups is 1. The topological polar surface area (TPSA) is 56.2 Å². The summed E-state index contributed by atoms with van der Waals surface area (Å²) in [7, 11) is 0. The van der Waals surface area contributed by atoms with E-state index in [4.69, 9.17) is 5.41 Å². The van der Waals surface area contributed by atoms with Gasteiger partial charge in [-0.15, -0.1) is 0 Å². The van der Waals surface area contributed by atoms with Crippen LogP contribution >= 0.6 is 0 Å². The Bertz CT molecular complexity index is 391. The molecule has 3 atom stereocenters. The number of urea groups is 1. The Kier molecular flexibility index (Phi) is 2.65. The van der Waals surface area contributed by atoms with Gasteiger partial charge in [0.2, 0.25) is 0 Å². The number of rotatable bonds is 2. The molecule has 0 bridgehead atoms. The average Bonchev–Trinajstić information content (AvgIpc) is 3.06. The van der Waals surface area contributed by atoms with E-state index in [2.05, 4.69) is 19.2 Å². The molecule has 0 radical (unpaired) electrons. The Labute approximate surface area is 109 Å². The minimum Gasteiger partial charge on any atom is -0.311 e. The van der Waals surface area contributed by atoms with Crippen molar-refractivity contribution in [1.29, 1.82) is 5.41 Å². The quantitative estimate of drug-likeness (QED) is 0.776. The first-order valence-electron chi connectivity index (χ1n) is 7.21. The van der Waals surface area contributed by atoms with E-state index in [1.165, 1.54) is 12.8 Å². The van der Waals surface area contributed by atoms with Crippen molar-refractivity contribution in [3.8, 4) is 0 Å². The summed E-state index contributed by atoms with van der Waals surface area (Å²) < 4.78 is 0. The molecule has 3 rings (SSSR count). The fraction of sp³-hybridized carbons (Fsp3) is 0.857. The zero-order valence-corrected chi connectivity index (χ0v) is 11.3. The van der Waals surface area contributed by atoms with Gasteiger partial charge in [-0.3, -0.25) is 10.7 Å². The number of nitrogens with one attached hydrogen (secondary N) is 2. The van der Waals surface area contributed by atoms with Crippen LogP contribution in [0.15, 0.2) is 0 Å². The van der Waals surface area contributed by atoms with Crippen molar-refractivity contribution in [3.63, 3.8) is 0 Å². The molecule has 1 spiro atoms. The third-order valence-corrected chi connectivity index (χ3v) is 5.12. The monoisotopic (exact) mass is 249 g/mol. The first kappa shape index (κ1) is 12.0. The third-order valence-electron chi connectivity index (χ3n) is 5.12. The molecular formula is C14H23N3O. The first-order valence-corrected chi connectivity index (χ1v) is 7.21. The van der Waals surface area contributed by atoms with E-state index >= 15 is 0 Å². The fourth-order valence-corrected chi connectivity index (χ4v) is 3.80. The van der Waals surface area contributed by atoms with Gasteiger partial charge in [-0.2, -0.15) is 0 Å². The minimum absolute atomic E-state index is 0.0340. The van der Waals surface area contributed by atoms with Crippen molar-refractivity contribution in [2.75, 3.05) is 6.54 Å². The van der Waals surface area contributed by atoms with Gasteiger partial charge >= 0.3 is 6.03 Å². The lowest BCUT2D eigenvalue weighted by molar-refractivity contribution is 0.0838. The maximum absolute atomic E-state index is 12.1. The second-order valence-corrected chi connectivity index (χ2v) is 6.56. The van der Waals surface area contributed by atoms with E-state index in [0.29, 0.717) is 17.7 Å². The lowest BCUT2D eigenvalue weighted by atomic mass is 9.69. The standard InChI is InChI=1S/C14H23N3O/c1-9-5-6-14(10(2)7-9)12(15)16-13(18)17(14)8-11-3-4-11/h9-11H,3-8H2,1-2H3,(H2,15,16,18). The first-order chi connectivity index (χ1) is 8.54. The van der Waals surface area contributed by atoms with E-state index in [1.807, 2.05) is 4.90 Å². The fourth-order valence-electron chi connectivity index (χ4n) is 3.80. The molecule has 3 fully saturated rings. The van der Waals surface area contributed by atoms with E-state index in [0.717, 1.165) is 31.7 Å². The summed E-state index contributed by atoms with van der Waals surface area (Å²) in [5, 5.41) is 11.0. The average molecular weight is 249 g/mol. The Morgan fingerprint density at radius 1 is 1.39 bits per heavy atom. The van der Waals surface area contributed by atoms with Gasteiger partial charge in [0.15, 0.2) is 0 Å². The molecule has 2 amide bonds. The van der Waals surface area contributed by atoms with Crippen LogP contribution in [0.5, 0.6) is 0 Å². The van der Waals surface area contributed by atoms with Gasteiger partial charge < -0.3 is 4.90 Å². The van der Waals surface area contributed by atoms with Gasteiger partial charge in [-0.25, -0.2) is 4.79 Å². The predicted octanol–water partition coefficient (Wildman–Crippen LogP) is 2.59. The Hall–Kier alpha value is -1.06. The molecule has 2 N–H and O–H groups in total. The molecule has 1 heterocycles. The van der Waals surface area contributed by atoms with Crippen LogP contribution in [0.4, 0.5) is 4.79 Å². The molecule has 0 aromatic rings. The van der Waals surface area contributed by atoms with E-state index in [1.54, 1.807) is 0 Å². The maximum Gasteiger partial charge on any atom is 0.323 e. The lowest BCUT2D eigenvalue weighted by Crippen LogP contribution is -2.57. The van der Waals surface area contributed by atoms with Crippen molar-refractivity contribution >= 4 is 11.9 Å². The van der Waals surface area contributed by atoms with E-state index < -0.39 is 0 Å². The molecule has 1 aliphatic heterocycles. The van der Waals surface area contributed by atoms with Gasteiger partial charge in [0, 0.05) is 6.54 Å². The van der Waals surface area contributed by atoms with Crippen molar-refractivity contribution in [2.45, 2.75) is 51.5 Å². The molecule has 3 aliphatic rings. The van der Waals surface area contributed by atoms with E-state index in [9.17, 15) is 4.79 Å². The molecule has 1 saturated heterocycles. The van der Waals surface area contributed by atoms with Crippen LogP contribution in [-0.2, 0) is 0 Å². The SMILES string of the molecule is CC1CCC2(C(=N)NC(=O)N2CC2CC2)C(C)C1. The van der Waals surface area contributed by atoms with Crippen LogP contribution in [0.1, 0.15) is 46.0 Å². The molecular weight excluding hydrogens is 226 g/mol. The molecule has 0 aromatic carbocycles. The molecule has 4 nitrogen and oxygen atoms in total. The zero-order valence-electron chi connectivity index (χ0n) is 11.3. The van der Waals surface area contributed by atoms with Crippen molar-refractivity contribution < 1.29 is 4.79 Å². The number of nitrogens with zero attached hydrogens (tertiary/aromatic N) is 1. The number of carbonyl (C=O) groups excluding carboxylic acids is 1. The summed E-state index contributed by atoms with van der Waals surface area (Å²) in [6.07, 6.45) is 5.71. The summed E-state index contributed by atoms with van der Waals surface area (Å²) in [6, 6.07) is -0.0340. The van der Waals surface area contributed by atoms with Gasteiger partial charge in [-0.05, 0) is 49.9 Å². The highest BCUT2D eigenvalue weighted by atomic mass is 16.2. The van der Waals surface area contributed by atoms with Crippen LogP contribution in [0.3, 0.4) is 0 Å². The van der Waals surface area contributed by atoms with Crippen molar-refractivity contribution in [2.24, 2.45) is 17.8 Å². The molecule has 3 unspecified atom stereocenters. The molecule has 18 heavy (non-hydrogen) atoms. The highest BCUT2D eigenvalue weighted by molar-refractivity contribution is 6.08. The van der Waals surface area contributed by atoms with Crippen LogP contribution < -0.4 is 5.32 Å². The molecule has 2 saturated carbocycles. The predicted molar refractivity (Wildman–Crippen MR) is 70.6 cm³/mol. The Morgan fingerprint density at radius 3 is 2.72 bits per heavy atom. The summed E-state index contributed by atoms with van der Waals surface area (Å²) in [4.78, 5) is 14.1. The highest BCUT2D eigenvalue weighted by Crippen LogP contribution is 2.45. The zero-order chi connectivity index (χ0) is 12.9. The molecule has 100 valence electrons. The van der Waals surface area contributed by atoms with Crippen LogP contribution in [-0.4, -0.2) is 28.9 Å². The smallest absolute Gasteiger partial charge is 0.311 e. The third kappa shape index (κ3) is 1.65. The van der Waals surface area contributed by atoms with Gasteiger partial charge in [0.1, 0.15) is 11.4 Å². The number of amides is 2. The number of hydrogen-bond acceptors (Lipinski definition) is 2. The van der Waals surface area contributed by atoms with Crippen molar-refractivity contribution in [3.05, 3.63) is 0 Å². The van der Waals surface area contributed by atoms with Crippen molar-refractivity contribution in [1.82, 2.24) is 10.2 Å². The van der Waals surface area contributed by atoms with E-state index in [-0.39, 0.29) is 11.6 Å². The summed E-state index contributed by atoms with van der Waals surface area (Å²) >= 11 is 0. The van der Waals surface area contributed by atoms with Crippen LogP contribution in [0.25, 0.3) is 0 Å². The van der Waals surface area contributed by atoms with Crippen LogP contribution in [0, 0.1) is 23.2 Å². The van der Waals surface area contributed by atoms with Gasteiger partial charge in [-0.1, -0.05) is 13.8 Å². The normalized spacial score (nSPS) is 40.4. The Balaban J connectivity index is 1.89. The summed E-state index contributed by atoms with van der Waals surface area (Å²) in [5.74, 6) is 2.25. The number of amidine groups is 1. The summed E-state index contributed by atoms with van der Waals surface area (Å²) in [6.45, 7) is 5.35. The Morgan fingerprint density at radius 2 is 2.11 bits per heavy atom. The minimum atomic E-state index is -0.313. The van der Waals surface area contributed by atoms with Gasteiger partial charge in [0.25, 0.3) is 0 Å². The summed E-state index contributed by atoms with van der Waals surface area (Å²) in [5.41, 5.74) is -0.313. The second kappa shape index (κ2) is 3.97. The second-order valence-electron chi connectivity index (χ2n) is 6.56. The van der Waals surface area contributed by atoms with Gasteiger partial charge in [0.05, 0.1) is 0 Å². The largest absolute Gasteiger partial charge is 0.323 e. The molecule has 4 heteroatoms. The number of hydrogen-bond donors (Lipinski definition) is 2. The molecule has 0 aromatic heterocycles. The maximum atomic E-state index is 12.1. The van der Waals surface area contributed by atoms with Crippen LogP contribution in [0.2, 0.25) is 0 Å².